The number of hydrogen-bond acceptors (Lipinski definition) is 2. The minimum Gasteiger partial charge on any atom is -0.481 e. The van der Waals surface area contributed by atoms with Crippen LogP contribution in [0.2, 0.25) is 0 Å². The molecule has 20 heavy (non-hydrogen) atoms. The Morgan fingerprint density at radius 3 is 2.35 bits per heavy atom. The quantitative estimate of drug-likeness (QED) is 0.864. The van der Waals surface area contributed by atoms with Crippen LogP contribution in [0.4, 0.5) is 4.79 Å². The molecule has 2 fully saturated rings. The molecule has 5 heteroatoms. The number of carbonyl (C=O) groups is 2. The van der Waals surface area contributed by atoms with Crippen molar-refractivity contribution in [2.75, 3.05) is 19.6 Å². The van der Waals surface area contributed by atoms with Crippen molar-refractivity contribution in [3.8, 4) is 0 Å². The second-order valence-electron chi connectivity index (χ2n) is 6.44. The first-order valence-corrected chi connectivity index (χ1v) is 7.76. The van der Waals surface area contributed by atoms with E-state index in [0.29, 0.717) is 18.4 Å². The molecule has 0 aromatic rings. The monoisotopic (exact) mass is 282 g/mol. The molecular weight excluding hydrogens is 256 g/mol. The highest BCUT2D eigenvalue weighted by atomic mass is 16.4. The summed E-state index contributed by atoms with van der Waals surface area (Å²) in [6.45, 7) is 6.83. The van der Waals surface area contributed by atoms with Crippen LogP contribution in [0.1, 0.15) is 46.0 Å². The molecule has 1 atom stereocenters. The zero-order valence-electron chi connectivity index (χ0n) is 12.5. The number of rotatable bonds is 3. The van der Waals surface area contributed by atoms with Gasteiger partial charge in [0, 0.05) is 25.7 Å². The predicted molar refractivity (Wildman–Crippen MR) is 76.5 cm³/mol. The lowest BCUT2D eigenvalue weighted by Gasteiger charge is -2.37. The molecule has 2 aliphatic heterocycles. The largest absolute Gasteiger partial charge is 0.481 e. The number of carboxylic acid groups (broad SMARTS) is 1. The molecule has 0 saturated carbocycles. The Labute approximate surface area is 120 Å². The van der Waals surface area contributed by atoms with Crippen LogP contribution in [0.25, 0.3) is 0 Å². The van der Waals surface area contributed by atoms with E-state index in [2.05, 4.69) is 13.8 Å². The molecule has 2 amide bonds. The van der Waals surface area contributed by atoms with Gasteiger partial charge in [-0.05, 0) is 37.5 Å². The van der Waals surface area contributed by atoms with Crippen molar-refractivity contribution in [1.29, 1.82) is 0 Å². The van der Waals surface area contributed by atoms with Gasteiger partial charge in [0.25, 0.3) is 0 Å². The van der Waals surface area contributed by atoms with E-state index in [9.17, 15) is 9.59 Å². The normalized spacial score (nSPS) is 24.4. The van der Waals surface area contributed by atoms with E-state index >= 15 is 0 Å². The molecule has 1 N–H and O–H groups in total. The van der Waals surface area contributed by atoms with E-state index in [-0.39, 0.29) is 18.5 Å². The molecule has 0 bridgehead atoms. The standard InChI is InChI=1S/C15H26N2O3/c1-11(2)12-5-8-16(9-6-12)15(20)17-7-3-4-13(17)10-14(18)19/h11-13H,3-10H2,1-2H3,(H,18,19). The number of carboxylic acids is 1. The van der Waals surface area contributed by atoms with Gasteiger partial charge in [-0.1, -0.05) is 13.8 Å². The fourth-order valence-corrected chi connectivity index (χ4v) is 3.44. The first-order valence-electron chi connectivity index (χ1n) is 7.76. The number of hydrogen-bond donors (Lipinski definition) is 1. The molecule has 1 unspecified atom stereocenters. The summed E-state index contributed by atoms with van der Waals surface area (Å²) >= 11 is 0. The molecule has 0 aliphatic carbocycles. The lowest BCUT2D eigenvalue weighted by atomic mass is 9.87. The van der Waals surface area contributed by atoms with Gasteiger partial charge in [-0.2, -0.15) is 0 Å². The molecule has 2 saturated heterocycles. The number of piperidine rings is 1. The molecular formula is C15H26N2O3. The average Bonchev–Trinajstić information content (AvgIpc) is 2.85. The van der Waals surface area contributed by atoms with Crippen LogP contribution in [0.5, 0.6) is 0 Å². The fraction of sp³-hybridized carbons (Fsp3) is 0.867. The van der Waals surface area contributed by atoms with Gasteiger partial charge < -0.3 is 14.9 Å². The smallest absolute Gasteiger partial charge is 0.320 e. The molecule has 0 aromatic heterocycles. The summed E-state index contributed by atoms with van der Waals surface area (Å²) in [7, 11) is 0. The fourth-order valence-electron chi connectivity index (χ4n) is 3.44. The van der Waals surface area contributed by atoms with Crippen LogP contribution in [-0.4, -0.2) is 52.6 Å². The van der Waals surface area contributed by atoms with Crippen LogP contribution in [0.3, 0.4) is 0 Å². The summed E-state index contributed by atoms with van der Waals surface area (Å²) in [6.07, 6.45) is 3.96. The van der Waals surface area contributed by atoms with E-state index in [4.69, 9.17) is 5.11 Å². The van der Waals surface area contributed by atoms with Gasteiger partial charge in [-0.15, -0.1) is 0 Å². The van der Waals surface area contributed by atoms with Gasteiger partial charge in [0.2, 0.25) is 0 Å². The number of aliphatic carboxylic acids is 1. The Hall–Kier alpha value is -1.26. The van der Waals surface area contributed by atoms with Gasteiger partial charge in [0.15, 0.2) is 0 Å². The number of urea groups is 1. The number of amides is 2. The van der Waals surface area contributed by atoms with Crippen LogP contribution >= 0.6 is 0 Å². The molecule has 0 radical (unpaired) electrons. The second kappa shape index (κ2) is 6.46. The third kappa shape index (κ3) is 3.44. The minimum atomic E-state index is -0.812. The zero-order valence-corrected chi connectivity index (χ0v) is 12.5. The minimum absolute atomic E-state index is 0.0518. The maximum Gasteiger partial charge on any atom is 0.320 e. The maximum atomic E-state index is 12.5. The molecule has 114 valence electrons. The van der Waals surface area contributed by atoms with Crippen molar-refractivity contribution in [2.24, 2.45) is 11.8 Å². The van der Waals surface area contributed by atoms with Crippen LogP contribution in [0, 0.1) is 11.8 Å². The highest BCUT2D eigenvalue weighted by molar-refractivity contribution is 5.76. The Morgan fingerprint density at radius 2 is 1.80 bits per heavy atom. The lowest BCUT2D eigenvalue weighted by molar-refractivity contribution is -0.138. The summed E-state index contributed by atoms with van der Waals surface area (Å²) in [5, 5.41) is 8.93. The zero-order chi connectivity index (χ0) is 14.7. The van der Waals surface area contributed by atoms with Crippen molar-refractivity contribution < 1.29 is 14.7 Å². The number of carbonyl (C=O) groups excluding carboxylic acids is 1. The molecule has 2 aliphatic rings. The van der Waals surface area contributed by atoms with Crippen LogP contribution in [0.15, 0.2) is 0 Å². The van der Waals surface area contributed by atoms with Gasteiger partial charge in [0.1, 0.15) is 0 Å². The van der Waals surface area contributed by atoms with Gasteiger partial charge in [-0.25, -0.2) is 4.79 Å². The van der Waals surface area contributed by atoms with Crippen molar-refractivity contribution in [3.63, 3.8) is 0 Å². The average molecular weight is 282 g/mol. The summed E-state index contributed by atoms with van der Waals surface area (Å²) in [4.78, 5) is 27.1. The van der Waals surface area contributed by atoms with E-state index in [1.807, 2.05) is 4.90 Å². The third-order valence-corrected chi connectivity index (χ3v) is 4.79. The molecule has 0 spiro atoms. The van der Waals surface area contributed by atoms with E-state index in [1.165, 1.54) is 0 Å². The highest BCUT2D eigenvalue weighted by Crippen LogP contribution is 2.27. The molecule has 0 aromatic carbocycles. The Morgan fingerprint density at radius 1 is 1.15 bits per heavy atom. The van der Waals surface area contributed by atoms with Crippen LogP contribution in [-0.2, 0) is 4.79 Å². The molecule has 5 nitrogen and oxygen atoms in total. The van der Waals surface area contributed by atoms with Crippen molar-refractivity contribution in [2.45, 2.75) is 52.0 Å². The van der Waals surface area contributed by atoms with E-state index in [1.54, 1.807) is 4.90 Å². The van der Waals surface area contributed by atoms with Gasteiger partial charge in [-0.3, -0.25) is 4.79 Å². The lowest BCUT2D eigenvalue weighted by Crippen LogP contribution is -2.49. The topological polar surface area (TPSA) is 60.9 Å². The Bertz CT molecular complexity index is 362. The Kier molecular flexibility index (Phi) is 4.89. The highest BCUT2D eigenvalue weighted by Gasteiger charge is 2.34. The van der Waals surface area contributed by atoms with Gasteiger partial charge in [0.05, 0.1) is 6.42 Å². The van der Waals surface area contributed by atoms with Gasteiger partial charge >= 0.3 is 12.0 Å². The first-order chi connectivity index (χ1) is 9.49. The molecule has 2 heterocycles. The third-order valence-electron chi connectivity index (χ3n) is 4.79. The van der Waals surface area contributed by atoms with E-state index < -0.39 is 5.97 Å². The number of nitrogens with zero attached hydrogens (tertiary/aromatic N) is 2. The van der Waals surface area contributed by atoms with E-state index in [0.717, 1.165) is 38.8 Å². The first kappa shape index (κ1) is 15.1. The Balaban J connectivity index is 1.89. The van der Waals surface area contributed by atoms with Crippen molar-refractivity contribution >= 4 is 12.0 Å². The second-order valence-corrected chi connectivity index (χ2v) is 6.44. The summed E-state index contributed by atoms with van der Waals surface area (Å²) < 4.78 is 0. The summed E-state index contributed by atoms with van der Waals surface area (Å²) in [6, 6.07) is -0.0567. The maximum absolute atomic E-state index is 12.5. The summed E-state index contributed by atoms with van der Waals surface area (Å²) in [5.41, 5.74) is 0. The van der Waals surface area contributed by atoms with Crippen molar-refractivity contribution in [1.82, 2.24) is 9.80 Å². The van der Waals surface area contributed by atoms with Crippen molar-refractivity contribution in [3.05, 3.63) is 0 Å². The van der Waals surface area contributed by atoms with Crippen LogP contribution < -0.4 is 0 Å². The number of likely N-dealkylation sites (tertiary alicyclic amines) is 2. The molecule has 2 rings (SSSR count). The SMILES string of the molecule is CC(C)C1CCN(C(=O)N2CCCC2CC(=O)O)CC1. The summed E-state index contributed by atoms with van der Waals surface area (Å²) in [5.74, 6) is 0.583. The predicted octanol–water partition coefficient (Wildman–Crippen LogP) is 2.41.